The maximum atomic E-state index is 4.45. The Hall–Kier alpha value is -0.160. The Morgan fingerprint density at radius 3 is 2.71 bits per heavy atom. The molecule has 0 saturated carbocycles. The van der Waals surface area contributed by atoms with Crippen LogP contribution in [0, 0.1) is 17.4 Å². The summed E-state index contributed by atoms with van der Waals surface area (Å²) in [4.78, 5) is 4.45. The van der Waals surface area contributed by atoms with E-state index in [1.54, 1.807) is 0 Å². The fraction of sp³-hybridized carbons (Fsp3) is 0.182. The average molecular weight is 362 g/mol. The first-order valence-electron chi connectivity index (χ1n) is 4.31. The van der Waals surface area contributed by atoms with Crippen molar-refractivity contribution in [1.82, 2.24) is 4.98 Å². The van der Waals surface area contributed by atoms with Crippen LogP contribution in [0.25, 0.3) is 10.9 Å². The number of halogens is 2. The summed E-state index contributed by atoms with van der Waals surface area (Å²) in [6.07, 6.45) is 0. The number of nitrogens with zero attached hydrogens (tertiary/aromatic N) is 1. The molecule has 0 radical (unpaired) electrons. The molecule has 0 aliphatic carbocycles. The summed E-state index contributed by atoms with van der Waals surface area (Å²) in [6, 6.07) is 6.23. The van der Waals surface area contributed by atoms with Crippen LogP contribution in [0.2, 0.25) is 0 Å². The molecule has 72 valence electrons. The number of hydrogen-bond acceptors (Lipinski definition) is 1. The van der Waals surface area contributed by atoms with E-state index in [0.29, 0.717) is 0 Å². The van der Waals surface area contributed by atoms with Crippen LogP contribution in [0.3, 0.4) is 0 Å². The van der Waals surface area contributed by atoms with Gasteiger partial charge in [0.15, 0.2) is 0 Å². The van der Waals surface area contributed by atoms with Crippen molar-refractivity contribution in [3.05, 3.63) is 37.5 Å². The molecule has 0 bridgehead atoms. The van der Waals surface area contributed by atoms with Gasteiger partial charge in [-0.25, -0.2) is 4.98 Å². The Morgan fingerprint density at radius 2 is 2.00 bits per heavy atom. The van der Waals surface area contributed by atoms with E-state index in [0.717, 1.165) is 10.1 Å². The zero-order chi connectivity index (χ0) is 10.3. The van der Waals surface area contributed by atoms with Crippen molar-refractivity contribution in [2.75, 3.05) is 0 Å². The highest BCUT2D eigenvalue weighted by Crippen LogP contribution is 2.26. The number of aromatic nitrogens is 1. The lowest BCUT2D eigenvalue weighted by atomic mass is 10.1. The van der Waals surface area contributed by atoms with E-state index in [1.165, 1.54) is 20.1 Å². The van der Waals surface area contributed by atoms with E-state index in [2.05, 4.69) is 69.5 Å². The molecule has 0 unspecified atom stereocenters. The lowest BCUT2D eigenvalue weighted by Crippen LogP contribution is -1.90. The van der Waals surface area contributed by atoms with Crippen LogP contribution in [0.1, 0.15) is 11.1 Å². The Balaban J connectivity index is 2.91. The second kappa shape index (κ2) is 3.77. The summed E-state index contributed by atoms with van der Waals surface area (Å²) >= 11 is 5.77. The van der Waals surface area contributed by atoms with Gasteiger partial charge in [-0.3, -0.25) is 0 Å². The molecule has 0 atom stereocenters. The van der Waals surface area contributed by atoms with Crippen molar-refractivity contribution in [3.8, 4) is 0 Å². The Morgan fingerprint density at radius 1 is 1.29 bits per heavy atom. The number of fused-ring (bicyclic) bond motifs is 1. The van der Waals surface area contributed by atoms with Gasteiger partial charge in [-0.2, -0.15) is 0 Å². The zero-order valence-corrected chi connectivity index (χ0v) is 11.7. The van der Waals surface area contributed by atoms with Crippen molar-refractivity contribution in [1.29, 1.82) is 0 Å². The Bertz CT molecular complexity index is 508. The monoisotopic (exact) mass is 361 g/mol. The Kier molecular flexibility index (Phi) is 2.79. The van der Waals surface area contributed by atoms with Crippen molar-refractivity contribution < 1.29 is 0 Å². The van der Waals surface area contributed by atoms with Crippen LogP contribution in [-0.4, -0.2) is 4.98 Å². The van der Waals surface area contributed by atoms with Crippen LogP contribution in [0.15, 0.2) is 22.8 Å². The van der Waals surface area contributed by atoms with Crippen LogP contribution < -0.4 is 0 Å². The maximum Gasteiger partial charge on any atom is 0.106 e. The third-order valence-electron chi connectivity index (χ3n) is 2.40. The molecule has 0 aliphatic rings. The molecule has 0 N–H and O–H groups in total. The maximum absolute atomic E-state index is 4.45. The summed E-state index contributed by atoms with van der Waals surface area (Å²) < 4.78 is 2.20. The molecule has 1 aromatic heterocycles. The lowest BCUT2D eigenvalue weighted by Gasteiger charge is -2.07. The second-order valence-corrected chi connectivity index (χ2v) is 5.22. The van der Waals surface area contributed by atoms with E-state index < -0.39 is 0 Å². The molecule has 0 aliphatic heterocycles. The van der Waals surface area contributed by atoms with E-state index >= 15 is 0 Å². The van der Waals surface area contributed by atoms with Gasteiger partial charge in [-0.1, -0.05) is 0 Å². The molecule has 2 rings (SSSR count). The topological polar surface area (TPSA) is 12.9 Å². The molecule has 3 heteroatoms. The number of benzene rings is 1. The van der Waals surface area contributed by atoms with E-state index in [4.69, 9.17) is 0 Å². The number of rotatable bonds is 0. The molecule has 0 saturated heterocycles. The predicted molar refractivity (Wildman–Crippen MR) is 71.6 cm³/mol. The molecule has 2 aromatic rings. The highest BCUT2D eigenvalue weighted by molar-refractivity contribution is 14.1. The van der Waals surface area contributed by atoms with Crippen LogP contribution in [0.4, 0.5) is 0 Å². The first-order valence-corrected chi connectivity index (χ1v) is 6.18. The normalized spacial score (nSPS) is 10.9. The smallest absolute Gasteiger partial charge is 0.106 e. The van der Waals surface area contributed by atoms with Crippen LogP contribution >= 0.6 is 38.5 Å². The minimum atomic E-state index is 0.893. The lowest BCUT2D eigenvalue weighted by molar-refractivity contribution is 1.29. The first kappa shape index (κ1) is 10.4. The van der Waals surface area contributed by atoms with Crippen molar-refractivity contribution in [2.45, 2.75) is 13.8 Å². The third-order valence-corrected chi connectivity index (χ3v) is 4.23. The largest absolute Gasteiger partial charge is 0.241 e. The number of hydrogen-bond donors (Lipinski definition) is 0. The van der Waals surface area contributed by atoms with E-state index in [1.807, 2.05) is 6.07 Å². The quantitative estimate of drug-likeness (QED) is 0.505. The number of aryl methyl sites for hydroxylation is 1. The summed E-state index contributed by atoms with van der Waals surface area (Å²) in [5.74, 6) is 0. The van der Waals surface area contributed by atoms with Gasteiger partial charge in [-0.05, 0) is 81.7 Å². The SMILES string of the molecule is Cc1cc2nc(Br)ccc2c(I)c1C. The summed E-state index contributed by atoms with van der Waals surface area (Å²) in [5.41, 5.74) is 3.71. The fourth-order valence-corrected chi connectivity index (χ4v) is 2.64. The van der Waals surface area contributed by atoms with Gasteiger partial charge < -0.3 is 0 Å². The van der Waals surface area contributed by atoms with Gasteiger partial charge in [0.05, 0.1) is 5.52 Å². The molecule has 0 amide bonds. The molecular formula is C11H9BrIN. The first-order chi connectivity index (χ1) is 6.59. The average Bonchev–Trinajstić information content (AvgIpc) is 2.14. The Labute approximate surface area is 105 Å². The van der Waals surface area contributed by atoms with E-state index in [9.17, 15) is 0 Å². The second-order valence-electron chi connectivity index (χ2n) is 3.33. The highest BCUT2D eigenvalue weighted by Gasteiger charge is 2.06. The zero-order valence-electron chi connectivity index (χ0n) is 7.94. The summed E-state index contributed by atoms with van der Waals surface area (Å²) in [5, 5.41) is 1.23. The minimum absolute atomic E-state index is 0.893. The van der Waals surface area contributed by atoms with E-state index in [-0.39, 0.29) is 0 Å². The standard InChI is InChI=1S/C11H9BrIN/c1-6-5-9-8(11(13)7(6)2)3-4-10(12)14-9/h3-5H,1-2H3. The van der Waals surface area contributed by atoms with Crippen molar-refractivity contribution in [3.63, 3.8) is 0 Å². The molecule has 0 spiro atoms. The number of pyridine rings is 1. The molecule has 1 aromatic carbocycles. The predicted octanol–water partition coefficient (Wildman–Crippen LogP) is 4.22. The molecule has 1 nitrogen and oxygen atoms in total. The fourth-order valence-electron chi connectivity index (χ4n) is 1.43. The van der Waals surface area contributed by atoms with Gasteiger partial charge in [0.2, 0.25) is 0 Å². The summed E-state index contributed by atoms with van der Waals surface area (Å²) in [7, 11) is 0. The minimum Gasteiger partial charge on any atom is -0.241 e. The van der Waals surface area contributed by atoms with Gasteiger partial charge in [0, 0.05) is 8.96 Å². The highest BCUT2D eigenvalue weighted by atomic mass is 127. The van der Waals surface area contributed by atoms with Crippen molar-refractivity contribution >= 4 is 49.4 Å². The van der Waals surface area contributed by atoms with Gasteiger partial charge >= 0.3 is 0 Å². The van der Waals surface area contributed by atoms with Gasteiger partial charge in [0.1, 0.15) is 4.60 Å². The van der Waals surface area contributed by atoms with Crippen LogP contribution in [0.5, 0.6) is 0 Å². The molecule has 0 fully saturated rings. The molecule has 14 heavy (non-hydrogen) atoms. The molecule has 1 heterocycles. The molecular weight excluding hydrogens is 353 g/mol. The van der Waals surface area contributed by atoms with Gasteiger partial charge in [0.25, 0.3) is 0 Å². The third kappa shape index (κ3) is 1.67. The van der Waals surface area contributed by atoms with Crippen LogP contribution in [-0.2, 0) is 0 Å². The van der Waals surface area contributed by atoms with Crippen molar-refractivity contribution in [2.24, 2.45) is 0 Å². The van der Waals surface area contributed by atoms with Gasteiger partial charge in [-0.15, -0.1) is 0 Å². The summed E-state index contributed by atoms with van der Waals surface area (Å²) in [6.45, 7) is 4.28.